The van der Waals surface area contributed by atoms with Gasteiger partial charge in [-0.2, -0.15) is 10.2 Å². The van der Waals surface area contributed by atoms with Gasteiger partial charge in [-0.3, -0.25) is 0 Å². The molecule has 0 radical (unpaired) electrons. The summed E-state index contributed by atoms with van der Waals surface area (Å²) in [5.41, 5.74) is 8.17. The molecule has 3 aromatic carbocycles. The van der Waals surface area contributed by atoms with Crippen LogP contribution < -0.4 is 5.32 Å². The van der Waals surface area contributed by atoms with Gasteiger partial charge in [-0.05, 0) is 67.1 Å². The van der Waals surface area contributed by atoms with Gasteiger partial charge >= 0.3 is 0 Å². The fourth-order valence-electron chi connectivity index (χ4n) is 3.43. The minimum atomic E-state index is 0.863. The van der Waals surface area contributed by atoms with Gasteiger partial charge in [0.25, 0.3) is 0 Å². The van der Waals surface area contributed by atoms with Crippen molar-refractivity contribution < 1.29 is 0 Å². The van der Waals surface area contributed by atoms with Crippen LogP contribution in [0.5, 0.6) is 0 Å². The summed E-state index contributed by atoms with van der Waals surface area (Å²) >= 11 is 0. The highest BCUT2D eigenvalue weighted by Gasteiger charge is 2.07. The van der Waals surface area contributed by atoms with E-state index < -0.39 is 0 Å². The first kappa shape index (κ1) is 17.1. The van der Waals surface area contributed by atoms with Crippen LogP contribution in [-0.4, -0.2) is 20.2 Å². The molecule has 0 bridgehead atoms. The quantitative estimate of drug-likeness (QED) is 0.419. The Hall–Kier alpha value is -3.99. The normalized spacial score (nSPS) is 10.9. The number of nitrogens with one attached hydrogen (secondary N) is 2. The Morgan fingerprint density at radius 2 is 1.66 bits per heavy atom. The fraction of sp³-hybridized carbons (Fsp3) is 0.0417. The number of nitrogens with zero attached hydrogens (tertiary/aromatic N) is 3. The third-order valence-electron chi connectivity index (χ3n) is 4.78. The molecule has 0 atom stereocenters. The number of aryl methyl sites for hydroxylation is 1. The molecule has 140 valence electrons. The highest BCUT2D eigenvalue weighted by Crippen LogP contribution is 2.27. The van der Waals surface area contributed by atoms with E-state index in [0.29, 0.717) is 0 Å². The number of anilines is 2. The van der Waals surface area contributed by atoms with Crippen molar-refractivity contribution in [3.8, 4) is 22.6 Å². The topological polar surface area (TPSA) is 66.5 Å². The first-order valence-electron chi connectivity index (χ1n) is 9.47. The summed E-state index contributed by atoms with van der Waals surface area (Å²) in [6.07, 6.45) is 1.68. The van der Waals surface area contributed by atoms with Gasteiger partial charge in [-0.15, -0.1) is 0 Å². The predicted molar refractivity (Wildman–Crippen MR) is 117 cm³/mol. The molecular weight excluding hydrogens is 358 g/mol. The van der Waals surface area contributed by atoms with Crippen LogP contribution in [0.4, 0.5) is 11.4 Å². The highest BCUT2D eigenvalue weighted by molar-refractivity contribution is 5.80. The highest BCUT2D eigenvalue weighted by atomic mass is 15.1. The van der Waals surface area contributed by atoms with Gasteiger partial charge in [-0.25, -0.2) is 4.98 Å². The van der Waals surface area contributed by atoms with Crippen molar-refractivity contribution in [2.75, 3.05) is 5.32 Å². The van der Waals surface area contributed by atoms with Gasteiger partial charge in [0.05, 0.1) is 16.7 Å². The summed E-state index contributed by atoms with van der Waals surface area (Å²) in [6, 6.07) is 26.5. The van der Waals surface area contributed by atoms with Gasteiger partial charge in [0.1, 0.15) is 5.82 Å². The molecule has 0 aliphatic carbocycles. The van der Waals surface area contributed by atoms with E-state index in [1.165, 1.54) is 5.56 Å². The zero-order chi connectivity index (χ0) is 19.6. The number of aromatic amines is 1. The smallest absolute Gasteiger partial charge is 0.138 e. The lowest BCUT2D eigenvalue weighted by atomic mass is 10.1. The second kappa shape index (κ2) is 7.20. The van der Waals surface area contributed by atoms with Crippen LogP contribution in [-0.2, 0) is 0 Å². The number of para-hydroxylation sites is 2. The zero-order valence-electron chi connectivity index (χ0n) is 15.9. The Labute approximate surface area is 168 Å². The summed E-state index contributed by atoms with van der Waals surface area (Å²) in [4.78, 5) is 8.13. The second-order valence-electron chi connectivity index (χ2n) is 7.00. The average molecular weight is 377 g/mol. The van der Waals surface area contributed by atoms with Crippen molar-refractivity contribution in [1.82, 2.24) is 20.2 Å². The van der Waals surface area contributed by atoms with Crippen molar-refractivity contribution >= 4 is 22.4 Å². The number of fused-ring (bicyclic) bond motifs is 1. The fourth-order valence-corrected chi connectivity index (χ4v) is 3.43. The largest absolute Gasteiger partial charge is 0.355 e. The van der Waals surface area contributed by atoms with E-state index in [1.807, 2.05) is 60.7 Å². The molecule has 2 N–H and O–H groups in total. The lowest BCUT2D eigenvalue weighted by Gasteiger charge is -2.10. The van der Waals surface area contributed by atoms with Crippen LogP contribution >= 0.6 is 0 Å². The van der Waals surface area contributed by atoms with E-state index in [2.05, 4.69) is 45.6 Å². The summed E-state index contributed by atoms with van der Waals surface area (Å²) in [5.74, 6) is 0.871. The molecule has 0 fully saturated rings. The lowest BCUT2D eigenvalue weighted by molar-refractivity contribution is 1.04. The van der Waals surface area contributed by atoms with Gasteiger partial charge in [0.2, 0.25) is 0 Å². The third-order valence-corrected chi connectivity index (χ3v) is 4.78. The van der Waals surface area contributed by atoms with E-state index in [-0.39, 0.29) is 0 Å². The molecule has 2 heterocycles. The number of imidazole rings is 1. The van der Waals surface area contributed by atoms with Gasteiger partial charge in [0, 0.05) is 28.7 Å². The minimum absolute atomic E-state index is 0.863. The van der Waals surface area contributed by atoms with Crippen molar-refractivity contribution in [1.29, 1.82) is 0 Å². The molecule has 0 unspecified atom stereocenters. The maximum Gasteiger partial charge on any atom is 0.138 e. The standard InChI is InChI=1S/C24H19N5/c1-16-13-18(24-27-22-5-2-3-6-23(22)28-24)15-20(14-16)26-19-10-8-17(9-11-19)21-7-4-12-25-29-21/h2-15,26H,1H3,(H,27,28). The monoisotopic (exact) mass is 377 g/mol. The van der Waals surface area contributed by atoms with Crippen LogP contribution in [0.3, 0.4) is 0 Å². The van der Waals surface area contributed by atoms with E-state index in [9.17, 15) is 0 Å². The number of hydrogen-bond donors (Lipinski definition) is 2. The van der Waals surface area contributed by atoms with Crippen LogP contribution in [0, 0.1) is 6.92 Å². The van der Waals surface area contributed by atoms with Crippen molar-refractivity contribution in [3.05, 3.63) is 90.6 Å². The number of hydrogen-bond acceptors (Lipinski definition) is 4. The molecule has 0 amide bonds. The van der Waals surface area contributed by atoms with Crippen LogP contribution in [0.25, 0.3) is 33.7 Å². The molecule has 5 heteroatoms. The first-order chi connectivity index (χ1) is 14.2. The van der Waals surface area contributed by atoms with Crippen molar-refractivity contribution in [3.63, 3.8) is 0 Å². The van der Waals surface area contributed by atoms with Crippen molar-refractivity contribution in [2.45, 2.75) is 6.92 Å². The van der Waals surface area contributed by atoms with Crippen molar-refractivity contribution in [2.24, 2.45) is 0 Å². The summed E-state index contributed by atoms with van der Waals surface area (Å²) in [7, 11) is 0. The second-order valence-corrected chi connectivity index (χ2v) is 7.00. The van der Waals surface area contributed by atoms with E-state index >= 15 is 0 Å². The molecule has 0 saturated carbocycles. The predicted octanol–water partition coefficient (Wildman–Crippen LogP) is 5.74. The summed E-state index contributed by atoms with van der Waals surface area (Å²) in [5, 5.41) is 11.6. The number of rotatable bonds is 4. The molecular formula is C24H19N5. The Bertz CT molecular complexity index is 1240. The maximum absolute atomic E-state index is 4.72. The van der Waals surface area contributed by atoms with E-state index in [4.69, 9.17) is 4.98 Å². The average Bonchev–Trinajstić information content (AvgIpc) is 3.19. The number of benzene rings is 3. The molecule has 2 aromatic heterocycles. The summed E-state index contributed by atoms with van der Waals surface area (Å²) in [6.45, 7) is 2.09. The zero-order valence-corrected chi connectivity index (χ0v) is 15.9. The SMILES string of the molecule is Cc1cc(Nc2ccc(-c3cccnn3)cc2)cc(-c2nc3ccccc3[nH]2)c1. The van der Waals surface area contributed by atoms with E-state index in [1.54, 1.807) is 6.20 Å². The molecule has 5 rings (SSSR count). The summed E-state index contributed by atoms with van der Waals surface area (Å²) < 4.78 is 0. The molecule has 0 aliphatic rings. The Kier molecular flexibility index (Phi) is 4.26. The Morgan fingerprint density at radius 3 is 2.45 bits per heavy atom. The Balaban J connectivity index is 1.43. The number of H-pyrrole nitrogens is 1. The van der Waals surface area contributed by atoms with Crippen LogP contribution in [0.2, 0.25) is 0 Å². The number of aromatic nitrogens is 4. The first-order valence-corrected chi connectivity index (χ1v) is 9.47. The molecule has 0 saturated heterocycles. The van der Waals surface area contributed by atoms with Gasteiger partial charge in [-0.1, -0.05) is 24.3 Å². The molecule has 29 heavy (non-hydrogen) atoms. The Morgan fingerprint density at radius 1 is 0.793 bits per heavy atom. The van der Waals surface area contributed by atoms with Crippen LogP contribution in [0.1, 0.15) is 5.56 Å². The van der Waals surface area contributed by atoms with Crippen LogP contribution in [0.15, 0.2) is 85.1 Å². The minimum Gasteiger partial charge on any atom is -0.355 e. The third kappa shape index (κ3) is 3.58. The van der Waals surface area contributed by atoms with Gasteiger partial charge in [0.15, 0.2) is 0 Å². The molecule has 0 spiro atoms. The maximum atomic E-state index is 4.72. The molecule has 0 aliphatic heterocycles. The van der Waals surface area contributed by atoms with Gasteiger partial charge < -0.3 is 10.3 Å². The molecule has 5 aromatic rings. The lowest BCUT2D eigenvalue weighted by Crippen LogP contribution is -1.93. The molecule has 5 nitrogen and oxygen atoms in total. The van der Waals surface area contributed by atoms with E-state index in [0.717, 1.165) is 45.1 Å².